The van der Waals surface area contributed by atoms with Crippen molar-refractivity contribution in [1.29, 1.82) is 0 Å². The van der Waals surface area contributed by atoms with Crippen molar-refractivity contribution in [3.8, 4) is 5.75 Å². The van der Waals surface area contributed by atoms with Gasteiger partial charge in [0.2, 0.25) is 0 Å². The molecule has 1 saturated carbocycles. The molecule has 2 aliphatic carbocycles. The Labute approximate surface area is 235 Å². The first kappa shape index (κ1) is 26.7. The zero-order valence-corrected chi connectivity index (χ0v) is 23.4. The van der Waals surface area contributed by atoms with E-state index >= 15 is 0 Å². The summed E-state index contributed by atoms with van der Waals surface area (Å²) in [6.07, 6.45) is 8.24. The molecule has 5 atom stereocenters. The number of halogens is 1. The van der Waals surface area contributed by atoms with Crippen molar-refractivity contribution in [2.45, 2.75) is 62.1 Å². The highest BCUT2D eigenvalue weighted by atomic mass is 35.5. The first-order valence-corrected chi connectivity index (χ1v) is 14.6. The van der Waals surface area contributed by atoms with Gasteiger partial charge in [-0.25, -0.2) is 4.79 Å². The highest BCUT2D eigenvalue weighted by Gasteiger charge is 2.46. The Hall–Kier alpha value is -2.54. The molecular weight excluding hydrogens is 514 g/mol. The van der Waals surface area contributed by atoms with Crippen LogP contribution in [0.3, 0.4) is 0 Å². The molecule has 6 rings (SSSR count). The predicted octanol–water partition coefficient (Wildman–Crippen LogP) is 5.72. The Kier molecular flexibility index (Phi) is 7.15. The molecule has 6 nitrogen and oxygen atoms in total. The SMILES string of the molecule is C=C[C@]1(O)CCO[C@@H]([C@@H]2CC[C@H]2CN2C[C@@]3(CCCc4cc(Cl)ccc43)COc3ccc(C(=O)OC)cc32)C1. The number of hydrogen-bond donors (Lipinski definition) is 1. The van der Waals surface area contributed by atoms with Crippen LogP contribution in [0.15, 0.2) is 49.1 Å². The standard InChI is InChI=1S/C32H38ClNO5/c1-3-32(36)13-14-38-29(17-32)25-9-6-23(25)18-34-19-31(12-4-5-21-15-24(33)8-10-26(21)31)20-39-28-11-7-22(16-27(28)34)30(35)37-2/h3,7-8,10-11,15-16,23,25,29,36H,1,4-6,9,12-14,17-20H2,2H3/t23-,25+,29+,31-,32-/m0/s1. The summed E-state index contributed by atoms with van der Waals surface area (Å²) in [6, 6.07) is 11.9. The van der Waals surface area contributed by atoms with Gasteiger partial charge in [0.1, 0.15) is 5.75 Å². The molecular formula is C32H38ClNO5. The summed E-state index contributed by atoms with van der Waals surface area (Å²) in [7, 11) is 1.41. The van der Waals surface area contributed by atoms with Gasteiger partial charge in [-0.3, -0.25) is 0 Å². The quantitative estimate of drug-likeness (QED) is 0.378. The number of anilines is 1. The average Bonchev–Trinajstić information content (AvgIpc) is 3.07. The molecule has 1 spiro atoms. The van der Waals surface area contributed by atoms with Gasteiger partial charge in [0.05, 0.1) is 43.3 Å². The molecule has 2 heterocycles. The Morgan fingerprint density at radius 1 is 1.26 bits per heavy atom. The third-order valence-electron chi connectivity index (χ3n) is 9.67. The first-order chi connectivity index (χ1) is 18.8. The number of aliphatic hydroxyl groups is 1. The molecule has 0 aromatic heterocycles. The summed E-state index contributed by atoms with van der Waals surface area (Å²) in [4.78, 5) is 14.9. The molecule has 7 heteroatoms. The van der Waals surface area contributed by atoms with Crippen LogP contribution in [0.2, 0.25) is 5.02 Å². The van der Waals surface area contributed by atoms with Crippen molar-refractivity contribution in [2.75, 3.05) is 38.3 Å². The lowest BCUT2D eigenvalue weighted by Gasteiger charge is -2.48. The Bertz CT molecular complexity index is 1270. The molecule has 2 aromatic rings. The maximum absolute atomic E-state index is 12.5. The van der Waals surface area contributed by atoms with Crippen LogP contribution < -0.4 is 9.64 Å². The number of methoxy groups -OCH3 is 1. The minimum atomic E-state index is -0.849. The molecule has 2 aliphatic heterocycles. The number of hydrogen-bond acceptors (Lipinski definition) is 6. The van der Waals surface area contributed by atoms with Crippen molar-refractivity contribution >= 4 is 23.3 Å². The van der Waals surface area contributed by atoms with Gasteiger partial charge < -0.3 is 24.2 Å². The number of nitrogens with zero attached hydrogens (tertiary/aromatic N) is 1. The third-order valence-corrected chi connectivity index (χ3v) is 9.90. The molecule has 2 fully saturated rings. The number of rotatable bonds is 5. The van der Waals surface area contributed by atoms with Gasteiger partial charge in [-0.2, -0.15) is 0 Å². The van der Waals surface area contributed by atoms with Crippen LogP contribution in [-0.4, -0.2) is 56.2 Å². The number of aryl methyl sites for hydroxylation is 1. The lowest BCUT2D eigenvalue weighted by Crippen LogP contribution is -2.52. The molecule has 0 radical (unpaired) electrons. The lowest BCUT2D eigenvalue weighted by molar-refractivity contribution is -0.125. The number of benzene rings is 2. The van der Waals surface area contributed by atoms with Gasteiger partial charge >= 0.3 is 5.97 Å². The predicted molar refractivity (Wildman–Crippen MR) is 152 cm³/mol. The molecule has 0 amide bonds. The minimum absolute atomic E-state index is 0.0242. The summed E-state index contributed by atoms with van der Waals surface area (Å²) < 4.78 is 17.8. The van der Waals surface area contributed by atoms with E-state index in [4.69, 9.17) is 25.8 Å². The largest absolute Gasteiger partial charge is 0.490 e. The van der Waals surface area contributed by atoms with E-state index in [2.05, 4.69) is 23.6 Å². The topological polar surface area (TPSA) is 68.2 Å². The molecule has 1 saturated heterocycles. The second kappa shape index (κ2) is 10.5. The molecule has 1 N–H and O–H groups in total. The maximum Gasteiger partial charge on any atom is 0.337 e. The summed E-state index contributed by atoms with van der Waals surface area (Å²) >= 11 is 6.39. The van der Waals surface area contributed by atoms with Crippen molar-refractivity contribution in [3.05, 3.63) is 70.8 Å². The highest BCUT2D eigenvalue weighted by molar-refractivity contribution is 6.30. The van der Waals surface area contributed by atoms with E-state index in [0.29, 0.717) is 43.5 Å². The molecule has 39 heavy (non-hydrogen) atoms. The van der Waals surface area contributed by atoms with Gasteiger partial charge in [0.15, 0.2) is 0 Å². The lowest BCUT2D eigenvalue weighted by atomic mass is 9.67. The van der Waals surface area contributed by atoms with E-state index < -0.39 is 5.60 Å². The fourth-order valence-corrected chi connectivity index (χ4v) is 7.50. The van der Waals surface area contributed by atoms with E-state index in [1.54, 1.807) is 12.1 Å². The average molecular weight is 552 g/mol. The number of esters is 1. The van der Waals surface area contributed by atoms with Crippen molar-refractivity contribution in [2.24, 2.45) is 11.8 Å². The van der Waals surface area contributed by atoms with E-state index in [1.807, 2.05) is 18.2 Å². The fourth-order valence-electron chi connectivity index (χ4n) is 7.31. The van der Waals surface area contributed by atoms with Gasteiger partial charge in [-0.05, 0) is 85.4 Å². The van der Waals surface area contributed by atoms with E-state index in [9.17, 15) is 9.90 Å². The number of ether oxygens (including phenoxy) is 3. The highest BCUT2D eigenvalue weighted by Crippen LogP contribution is 2.48. The van der Waals surface area contributed by atoms with Crippen molar-refractivity contribution in [3.63, 3.8) is 0 Å². The smallest absolute Gasteiger partial charge is 0.337 e. The van der Waals surface area contributed by atoms with Crippen LogP contribution in [0.5, 0.6) is 5.75 Å². The second-order valence-corrected chi connectivity index (χ2v) is 12.4. The van der Waals surface area contributed by atoms with Gasteiger partial charge in [-0.15, -0.1) is 6.58 Å². The van der Waals surface area contributed by atoms with Crippen LogP contribution in [0, 0.1) is 11.8 Å². The number of fused-ring (bicyclic) bond motifs is 3. The van der Waals surface area contributed by atoms with Gasteiger partial charge in [0.25, 0.3) is 0 Å². The zero-order valence-electron chi connectivity index (χ0n) is 22.7. The van der Waals surface area contributed by atoms with E-state index in [-0.39, 0.29) is 17.5 Å². The first-order valence-electron chi connectivity index (χ1n) is 14.2. The molecule has 4 aliphatic rings. The van der Waals surface area contributed by atoms with Crippen LogP contribution >= 0.6 is 11.6 Å². The van der Waals surface area contributed by atoms with Gasteiger partial charge in [0, 0.05) is 36.4 Å². The second-order valence-electron chi connectivity index (χ2n) is 12.0. The van der Waals surface area contributed by atoms with Crippen LogP contribution in [0.25, 0.3) is 0 Å². The summed E-state index contributed by atoms with van der Waals surface area (Å²) in [5, 5.41) is 11.7. The molecule has 2 aromatic carbocycles. The Morgan fingerprint density at radius 3 is 2.90 bits per heavy atom. The maximum atomic E-state index is 12.5. The Morgan fingerprint density at radius 2 is 2.13 bits per heavy atom. The van der Waals surface area contributed by atoms with Gasteiger partial charge in [-0.1, -0.05) is 23.7 Å². The fraction of sp³-hybridized carbons (Fsp3) is 0.531. The number of carbonyl (C=O) groups is 1. The zero-order chi connectivity index (χ0) is 27.2. The summed E-state index contributed by atoms with van der Waals surface area (Å²) in [6.45, 7) is 6.64. The van der Waals surface area contributed by atoms with Crippen LogP contribution in [0.4, 0.5) is 5.69 Å². The number of carbonyl (C=O) groups excluding carboxylic acids is 1. The Balaban J connectivity index is 1.34. The normalized spacial score (nSPS) is 31.8. The third kappa shape index (κ3) is 4.96. The monoisotopic (exact) mass is 551 g/mol. The van der Waals surface area contributed by atoms with E-state index in [0.717, 1.165) is 61.7 Å². The molecule has 0 unspecified atom stereocenters. The van der Waals surface area contributed by atoms with Crippen LogP contribution in [0.1, 0.15) is 60.0 Å². The summed E-state index contributed by atoms with van der Waals surface area (Å²) in [5.41, 5.74) is 3.06. The molecule has 208 valence electrons. The van der Waals surface area contributed by atoms with Crippen molar-refractivity contribution < 1.29 is 24.1 Å². The summed E-state index contributed by atoms with van der Waals surface area (Å²) in [5.74, 6) is 1.24. The minimum Gasteiger partial charge on any atom is -0.490 e. The van der Waals surface area contributed by atoms with Crippen LogP contribution in [-0.2, 0) is 21.3 Å². The van der Waals surface area contributed by atoms with Crippen molar-refractivity contribution in [1.82, 2.24) is 0 Å². The molecule has 0 bridgehead atoms. The van der Waals surface area contributed by atoms with E-state index in [1.165, 1.54) is 18.2 Å².